The number of nitrogens with zero attached hydrogens (tertiary/aromatic N) is 2. The Bertz CT molecular complexity index is 794. The summed E-state index contributed by atoms with van der Waals surface area (Å²) < 4.78 is 6.16. The van der Waals surface area contributed by atoms with Crippen LogP contribution in [0.25, 0.3) is 0 Å². The summed E-state index contributed by atoms with van der Waals surface area (Å²) in [5.74, 6) is 0.0133. The predicted molar refractivity (Wildman–Crippen MR) is 107 cm³/mol. The second-order valence-electron chi connectivity index (χ2n) is 6.85. The van der Waals surface area contributed by atoms with Crippen molar-refractivity contribution in [1.82, 2.24) is 15.5 Å². The Morgan fingerprint density at radius 3 is 2.96 bits per heavy atom. The number of amidine groups is 1. The monoisotopic (exact) mass is 384 g/mol. The fraction of sp³-hybridized carbons (Fsp3) is 0.400. The minimum absolute atomic E-state index is 0.0133. The normalized spacial score (nSPS) is 25.0. The molecule has 3 heterocycles. The number of hydrogen-bond donors (Lipinski definition) is 2. The number of aliphatic imine (C=N–C) groups is 1. The molecule has 2 aliphatic rings. The molecule has 0 saturated carbocycles. The van der Waals surface area contributed by atoms with Gasteiger partial charge in [-0.05, 0) is 23.9 Å². The lowest BCUT2D eigenvalue weighted by molar-refractivity contribution is -0.124. The van der Waals surface area contributed by atoms with Crippen molar-refractivity contribution in [1.29, 1.82) is 0 Å². The maximum absolute atomic E-state index is 12.5. The van der Waals surface area contributed by atoms with Gasteiger partial charge in [0.15, 0.2) is 0 Å². The van der Waals surface area contributed by atoms with E-state index in [1.54, 1.807) is 11.3 Å². The molecule has 1 aromatic heterocycles. The molecule has 0 radical (unpaired) electrons. The van der Waals surface area contributed by atoms with E-state index in [1.165, 1.54) is 0 Å². The highest BCUT2D eigenvalue weighted by molar-refractivity contribution is 7.09. The van der Waals surface area contributed by atoms with Gasteiger partial charge in [0.05, 0.1) is 12.6 Å². The highest BCUT2D eigenvalue weighted by atomic mass is 32.1. The van der Waals surface area contributed by atoms with Crippen molar-refractivity contribution in [3.05, 3.63) is 58.3 Å². The number of ether oxygens (including phenoxy) is 1. The first-order valence-corrected chi connectivity index (χ1v) is 10.2. The molecule has 0 bridgehead atoms. The van der Waals surface area contributed by atoms with Crippen molar-refractivity contribution in [2.75, 3.05) is 19.6 Å². The number of carbonyl (C=O) groups is 1. The molecule has 7 heteroatoms. The van der Waals surface area contributed by atoms with Crippen molar-refractivity contribution in [2.24, 2.45) is 4.99 Å². The fourth-order valence-electron chi connectivity index (χ4n) is 3.44. The van der Waals surface area contributed by atoms with E-state index in [4.69, 9.17) is 9.73 Å². The van der Waals surface area contributed by atoms with Gasteiger partial charge in [-0.3, -0.25) is 4.79 Å². The van der Waals surface area contributed by atoms with Gasteiger partial charge >= 0.3 is 0 Å². The van der Waals surface area contributed by atoms with Crippen LogP contribution in [0.2, 0.25) is 0 Å². The summed E-state index contributed by atoms with van der Waals surface area (Å²) in [6, 6.07) is 14.6. The number of thiophene rings is 1. The van der Waals surface area contributed by atoms with Crippen molar-refractivity contribution < 1.29 is 9.53 Å². The Labute approximate surface area is 163 Å². The summed E-state index contributed by atoms with van der Waals surface area (Å²) in [5, 5.41) is 8.32. The Morgan fingerprint density at radius 1 is 1.33 bits per heavy atom. The van der Waals surface area contributed by atoms with Crippen LogP contribution in [-0.2, 0) is 16.1 Å². The molecule has 2 aromatic rings. The van der Waals surface area contributed by atoms with E-state index in [9.17, 15) is 4.79 Å². The highest BCUT2D eigenvalue weighted by Crippen LogP contribution is 2.29. The largest absolute Gasteiger partial charge is 0.455 e. The van der Waals surface area contributed by atoms with E-state index in [0.29, 0.717) is 19.1 Å². The van der Waals surface area contributed by atoms with Crippen LogP contribution in [0.1, 0.15) is 23.5 Å². The standard InChI is InChI=1S/C20H24N4O2S/c1-14-18(15-6-3-2-4-7-15)26-20(23-14)24-10-9-21-17(13-24)19(25)22-12-16-8-5-11-27-16/h2-8,11,14,17-18,21H,9-10,12-13H2,1H3,(H,22,25)/t14?,17-,18+/m0/s1. The third kappa shape index (κ3) is 4.14. The van der Waals surface area contributed by atoms with Crippen LogP contribution >= 0.6 is 11.3 Å². The van der Waals surface area contributed by atoms with Crippen LogP contribution in [0.15, 0.2) is 52.8 Å². The molecule has 1 unspecified atom stereocenters. The first kappa shape index (κ1) is 18.0. The van der Waals surface area contributed by atoms with Gasteiger partial charge in [-0.15, -0.1) is 11.3 Å². The lowest BCUT2D eigenvalue weighted by atomic mass is 10.0. The van der Waals surface area contributed by atoms with Crippen LogP contribution in [0.5, 0.6) is 0 Å². The molecule has 3 atom stereocenters. The maximum atomic E-state index is 12.5. The third-order valence-corrected chi connectivity index (χ3v) is 5.77. The van der Waals surface area contributed by atoms with E-state index in [2.05, 4.69) is 34.6 Å². The van der Waals surface area contributed by atoms with Crippen LogP contribution < -0.4 is 10.6 Å². The molecule has 0 spiro atoms. The lowest BCUT2D eigenvalue weighted by Gasteiger charge is -2.33. The van der Waals surface area contributed by atoms with E-state index >= 15 is 0 Å². The van der Waals surface area contributed by atoms with Crippen LogP contribution in [0.3, 0.4) is 0 Å². The first-order chi connectivity index (χ1) is 13.2. The number of rotatable bonds is 4. The fourth-order valence-corrected chi connectivity index (χ4v) is 4.08. The summed E-state index contributed by atoms with van der Waals surface area (Å²) in [6.45, 7) is 4.70. The number of amides is 1. The molecule has 1 amide bonds. The van der Waals surface area contributed by atoms with Crippen LogP contribution in [-0.4, -0.2) is 48.5 Å². The molecule has 4 rings (SSSR count). The van der Waals surface area contributed by atoms with Crippen molar-refractivity contribution in [3.63, 3.8) is 0 Å². The van der Waals surface area contributed by atoms with Gasteiger partial charge in [0.1, 0.15) is 12.1 Å². The van der Waals surface area contributed by atoms with Crippen molar-refractivity contribution in [3.8, 4) is 0 Å². The molecule has 1 saturated heterocycles. The zero-order valence-electron chi connectivity index (χ0n) is 15.3. The zero-order valence-corrected chi connectivity index (χ0v) is 16.1. The second-order valence-corrected chi connectivity index (χ2v) is 7.88. The highest BCUT2D eigenvalue weighted by Gasteiger charge is 2.35. The Balaban J connectivity index is 1.35. The number of carbonyl (C=O) groups excluding carboxylic acids is 1. The van der Waals surface area contributed by atoms with E-state index in [-0.39, 0.29) is 24.1 Å². The number of nitrogens with one attached hydrogen (secondary N) is 2. The average Bonchev–Trinajstić information content (AvgIpc) is 3.36. The van der Waals surface area contributed by atoms with Gasteiger partial charge in [-0.2, -0.15) is 0 Å². The first-order valence-electron chi connectivity index (χ1n) is 9.28. The van der Waals surface area contributed by atoms with Gasteiger partial charge < -0.3 is 20.3 Å². The molecular formula is C20H24N4O2S. The van der Waals surface area contributed by atoms with Gasteiger partial charge in [-0.25, -0.2) is 4.99 Å². The SMILES string of the molecule is CC1N=C(N2CCN[C@H](C(=O)NCc3cccs3)C2)O[C@H]1c1ccccc1. The molecule has 6 nitrogen and oxygen atoms in total. The van der Waals surface area contributed by atoms with Crippen molar-refractivity contribution >= 4 is 23.3 Å². The molecule has 2 aliphatic heterocycles. The molecular weight excluding hydrogens is 360 g/mol. The summed E-state index contributed by atoms with van der Waals surface area (Å²) in [5.41, 5.74) is 1.13. The summed E-state index contributed by atoms with van der Waals surface area (Å²) >= 11 is 1.65. The topological polar surface area (TPSA) is 66.0 Å². The molecule has 1 aromatic carbocycles. The Kier molecular flexibility index (Phi) is 5.40. The number of hydrogen-bond acceptors (Lipinski definition) is 6. The average molecular weight is 385 g/mol. The smallest absolute Gasteiger partial charge is 0.288 e. The summed E-state index contributed by atoms with van der Waals surface area (Å²) in [6.07, 6.45) is -0.0674. The molecule has 2 N–H and O–H groups in total. The number of piperazine rings is 1. The van der Waals surface area contributed by atoms with Crippen LogP contribution in [0, 0.1) is 0 Å². The van der Waals surface area contributed by atoms with Crippen LogP contribution in [0.4, 0.5) is 0 Å². The predicted octanol–water partition coefficient (Wildman–Crippen LogP) is 2.15. The molecule has 1 fully saturated rings. The molecule has 142 valence electrons. The zero-order chi connectivity index (χ0) is 18.6. The minimum Gasteiger partial charge on any atom is -0.455 e. The van der Waals surface area contributed by atoms with Crippen molar-refractivity contribution in [2.45, 2.75) is 31.7 Å². The Hall–Kier alpha value is -2.38. The lowest BCUT2D eigenvalue weighted by Crippen LogP contribution is -2.58. The molecule has 27 heavy (non-hydrogen) atoms. The second kappa shape index (κ2) is 8.10. The molecule has 0 aliphatic carbocycles. The maximum Gasteiger partial charge on any atom is 0.288 e. The van der Waals surface area contributed by atoms with E-state index in [1.807, 2.05) is 35.7 Å². The van der Waals surface area contributed by atoms with E-state index < -0.39 is 0 Å². The van der Waals surface area contributed by atoms with Gasteiger partial charge in [-0.1, -0.05) is 36.4 Å². The van der Waals surface area contributed by atoms with E-state index in [0.717, 1.165) is 23.5 Å². The number of benzene rings is 1. The van der Waals surface area contributed by atoms with Gasteiger partial charge in [0.25, 0.3) is 6.02 Å². The van der Waals surface area contributed by atoms with Gasteiger partial charge in [0, 0.05) is 24.5 Å². The summed E-state index contributed by atoms with van der Waals surface area (Å²) in [4.78, 5) is 20.5. The summed E-state index contributed by atoms with van der Waals surface area (Å²) in [7, 11) is 0. The minimum atomic E-state index is -0.268. The van der Waals surface area contributed by atoms with Gasteiger partial charge in [0.2, 0.25) is 5.91 Å². The third-order valence-electron chi connectivity index (χ3n) is 4.89. The Morgan fingerprint density at radius 2 is 2.19 bits per heavy atom. The quantitative estimate of drug-likeness (QED) is 0.848.